The predicted octanol–water partition coefficient (Wildman–Crippen LogP) is 3.63. The first-order chi connectivity index (χ1) is 10.1. The molecule has 0 spiro atoms. The van der Waals surface area contributed by atoms with Gasteiger partial charge in [-0.05, 0) is 32.9 Å². The lowest BCUT2D eigenvalue weighted by Gasteiger charge is -2.23. The molecular formula is C17H29NO2S. The minimum atomic E-state index is -0.288. The van der Waals surface area contributed by atoms with E-state index in [1.54, 1.807) is 11.8 Å². The van der Waals surface area contributed by atoms with Gasteiger partial charge in [-0.2, -0.15) is 11.8 Å². The van der Waals surface area contributed by atoms with E-state index in [4.69, 9.17) is 4.74 Å². The van der Waals surface area contributed by atoms with Gasteiger partial charge in [0.1, 0.15) is 5.75 Å². The Hall–Kier alpha value is -0.710. The van der Waals surface area contributed by atoms with Gasteiger partial charge in [0.15, 0.2) is 0 Å². The van der Waals surface area contributed by atoms with Crippen LogP contribution in [0.25, 0.3) is 0 Å². The van der Waals surface area contributed by atoms with E-state index in [0.717, 1.165) is 24.5 Å². The Kier molecular flexibility index (Phi) is 8.81. The van der Waals surface area contributed by atoms with Crippen LogP contribution in [0.3, 0.4) is 0 Å². The minimum Gasteiger partial charge on any atom is -0.494 e. The molecule has 0 radical (unpaired) electrons. The first kappa shape index (κ1) is 18.3. The van der Waals surface area contributed by atoms with E-state index in [9.17, 15) is 5.11 Å². The summed E-state index contributed by atoms with van der Waals surface area (Å²) >= 11 is 1.80. The monoisotopic (exact) mass is 311 g/mol. The summed E-state index contributed by atoms with van der Waals surface area (Å²) in [4.78, 5) is 0. The molecule has 3 nitrogen and oxygen atoms in total. The molecule has 1 rings (SSSR count). The van der Waals surface area contributed by atoms with Gasteiger partial charge in [0, 0.05) is 22.6 Å². The van der Waals surface area contributed by atoms with Crippen molar-refractivity contribution in [2.45, 2.75) is 51.5 Å². The Bertz CT molecular complexity index is 398. The summed E-state index contributed by atoms with van der Waals surface area (Å²) in [5, 5.41) is 13.5. The fourth-order valence-corrected chi connectivity index (χ4v) is 3.09. The number of hydrogen-bond acceptors (Lipinski definition) is 4. The van der Waals surface area contributed by atoms with Crippen molar-refractivity contribution in [3.8, 4) is 5.75 Å². The molecule has 2 N–H and O–H groups in total. The van der Waals surface area contributed by atoms with Crippen LogP contribution in [0.4, 0.5) is 0 Å². The highest BCUT2D eigenvalue weighted by atomic mass is 32.2. The molecule has 3 unspecified atom stereocenters. The molecule has 21 heavy (non-hydrogen) atoms. The highest BCUT2D eigenvalue weighted by Crippen LogP contribution is 2.29. The number of benzene rings is 1. The van der Waals surface area contributed by atoms with E-state index >= 15 is 0 Å². The first-order valence-corrected chi connectivity index (χ1v) is 8.89. The third kappa shape index (κ3) is 6.29. The summed E-state index contributed by atoms with van der Waals surface area (Å²) in [5.41, 5.74) is 1.21. The summed E-state index contributed by atoms with van der Waals surface area (Å²) < 4.78 is 5.75. The third-order valence-electron chi connectivity index (χ3n) is 3.44. The maximum absolute atomic E-state index is 9.65. The Morgan fingerprint density at radius 1 is 1.24 bits per heavy atom. The molecule has 120 valence electrons. The average molecular weight is 311 g/mol. The van der Waals surface area contributed by atoms with E-state index in [0.29, 0.717) is 6.61 Å². The zero-order valence-electron chi connectivity index (χ0n) is 13.6. The molecule has 0 fully saturated rings. The minimum absolute atomic E-state index is 0.232. The molecule has 0 amide bonds. The van der Waals surface area contributed by atoms with Crippen molar-refractivity contribution in [1.82, 2.24) is 5.32 Å². The second kappa shape index (κ2) is 10.1. The van der Waals surface area contributed by atoms with Gasteiger partial charge < -0.3 is 15.2 Å². The van der Waals surface area contributed by atoms with E-state index < -0.39 is 0 Å². The van der Waals surface area contributed by atoms with Crippen LogP contribution in [0.2, 0.25) is 0 Å². The zero-order chi connectivity index (χ0) is 15.7. The van der Waals surface area contributed by atoms with Gasteiger partial charge in [0.05, 0.1) is 12.7 Å². The normalized spacial score (nSPS) is 15.5. The molecule has 0 aliphatic heterocycles. The highest BCUT2D eigenvalue weighted by molar-refractivity contribution is 7.99. The standard InChI is InChI=1S/C17H29NO2S/c1-5-11-18-16(12-21-14(4)13(3)19)15-9-7-8-10-17(15)20-6-2/h7-10,13-14,16,18-19H,5-6,11-12H2,1-4H3. The lowest BCUT2D eigenvalue weighted by atomic mass is 10.1. The van der Waals surface area contributed by atoms with Crippen molar-refractivity contribution >= 4 is 11.8 Å². The number of aliphatic hydroxyl groups is 1. The Labute approximate surface area is 133 Å². The number of ether oxygens (including phenoxy) is 1. The lowest BCUT2D eigenvalue weighted by Crippen LogP contribution is -2.26. The van der Waals surface area contributed by atoms with Crippen LogP contribution in [0.5, 0.6) is 5.75 Å². The van der Waals surface area contributed by atoms with E-state index in [2.05, 4.69) is 31.3 Å². The molecular weight excluding hydrogens is 282 g/mol. The van der Waals surface area contributed by atoms with Gasteiger partial charge in [-0.25, -0.2) is 0 Å². The van der Waals surface area contributed by atoms with Crippen LogP contribution in [0.15, 0.2) is 24.3 Å². The molecule has 1 aromatic rings. The Morgan fingerprint density at radius 2 is 1.95 bits per heavy atom. The highest BCUT2D eigenvalue weighted by Gasteiger charge is 2.18. The van der Waals surface area contributed by atoms with Gasteiger partial charge in [-0.3, -0.25) is 0 Å². The molecule has 3 atom stereocenters. The SMILES string of the molecule is CCCNC(CSC(C)C(C)O)c1ccccc1OCC. The molecule has 0 aromatic heterocycles. The van der Waals surface area contributed by atoms with Crippen LogP contribution in [-0.4, -0.2) is 35.4 Å². The number of rotatable bonds is 10. The van der Waals surface area contributed by atoms with E-state index in [1.165, 1.54) is 5.56 Å². The second-order valence-electron chi connectivity index (χ2n) is 5.26. The average Bonchev–Trinajstić information content (AvgIpc) is 2.48. The van der Waals surface area contributed by atoms with Crippen LogP contribution in [0.1, 0.15) is 45.7 Å². The Morgan fingerprint density at radius 3 is 2.57 bits per heavy atom. The molecule has 0 saturated carbocycles. The number of hydrogen-bond donors (Lipinski definition) is 2. The number of thioether (sulfide) groups is 1. The van der Waals surface area contributed by atoms with Gasteiger partial charge in [0.25, 0.3) is 0 Å². The van der Waals surface area contributed by atoms with Crippen molar-refractivity contribution in [3.63, 3.8) is 0 Å². The summed E-state index contributed by atoms with van der Waals surface area (Å²) in [6, 6.07) is 8.48. The quantitative estimate of drug-likeness (QED) is 0.692. The smallest absolute Gasteiger partial charge is 0.124 e. The third-order valence-corrected chi connectivity index (χ3v) is 4.89. The molecule has 4 heteroatoms. The van der Waals surface area contributed by atoms with Gasteiger partial charge in [0.2, 0.25) is 0 Å². The summed E-state index contributed by atoms with van der Waals surface area (Å²) in [5.74, 6) is 1.88. The maximum Gasteiger partial charge on any atom is 0.124 e. The summed E-state index contributed by atoms with van der Waals surface area (Å²) in [6.07, 6.45) is 0.813. The Balaban J connectivity index is 2.81. The summed E-state index contributed by atoms with van der Waals surface area (Å²) in [6.45, 7) is 9.75. The second-order valence-corrected chi connectivity index (χ2v) is 6.67. The van der Waals surface area contributed by atoms with Crippen LogP contribution in [-0.2, 0) is 0 Å². The van der Waals surface area contributed by atoms with E-state index in [-0.39, 0.29) is 17.4 Å². The van der Waals surface area contributed by atoms with Gasteiger partial charge in [-0.1, -0.05) is 32.0 Å². The number of aliphatic hydroxyl groups excluding tert-OH is 1. The first-order valence-electron chi connectivity index (χ1n) is 7.84. The summed E-state index contributed by atoms with van der Waals surface area (Å²) in [7, 11) is 0. The van der Waals surface area contributed by atoms with Crippen molar-refractivity contribution in [1.29, 1.82) is 0 Å². The fraction of sp³-hybridized carbons (Fsp3) is 0.647. The fourth-order valence-electron chi connectivity index (χ4n) is 2.02. The zero-order valence-corrected chi connectivity index (χ0v) is 14.5. The molecule has 0 bridgehead atoms. The number of para-hydroxylation sites is 1. The molecule has 0 heterocycles. The van der Waals surface area contributed by atoms with Gasteiger partial charge in [-0.15, -0.1) is 0 Å². The van der Waals surface area contributed by atoms with Crippen LogP contribution >= 0.6 is 11.8 Å². The van der Waals surface area contributed by atoms with E-state index in [1.807, 2.05) is 26.0 Å². The molecule has 1 aromatic carbocycles. The van der Waals surface area contributed by atoms with Crippen molar-refractivity contribution < 1.29 is 9.84 Å². The van der Waals surface area contributed by atoms with Gasteiger partial charge >= 0.3 is 0 Å². The maximum atomic E-state index is 9.65. The van der Waals surface area contributed by atoms with Crippen molar-refractivity contribution in [2.75, 3.05) is 18.9 Å². The van der Waals surface area contributed by atoms with Crippen molar-refractivity contribution in [3.05, 3.63) is 29.8 Å². The molecule has 0 aliphatic carbocycles. The number of nitrogens with one attached hydrogen (secondary N) is 1. The van der Waals surface area contributed by atoms with Crippen molar-refractivity contribution in [2.24, 2.45) is 0 Å². The van der Waals surface area contributed by atoms with Crippen LogP contribution in [0, 0.1) is 0 Å². The molecule has 0 aliphatic rings. The predicted molar refractivity (Wildman–Crippen MR) is 92.2 cm³/mol. The lowest BCUT2D eigenvalue weighted by molar-refractivity contribution is 0.196. The topological polar surface area (TPSA) is 41.5 Å². The van der Waals surface area contributed by atoms with Crippen LogP contribution < -0.4 is 10.1 Å². The molecule has 0 saturated heterocycles. The largest absolute Gasteiger partial charge is 0.494 e.